The molecule has 216 valence electrons. The smallest absolute Gasteiger partial charge is 0.387 e. The molecule has 3 aromatic rings. The van der Waals surface area contributed by atoms with Crippen molar-refractivity contribution in [2.45, 2.75) is 45.8 Å². The molecule has 0 amide bonds. The number of alkyl halides is 2. The number of pyridine rings is 1. The second-order valence-electron chi connectivity index (χ2n) is 10.4. The highest BCUT2D eigenvalue weighted by molar-refractivity contribution is 5.86. The van der Waals surface area contributed by atoms with Crippen molar-refractivity contribution in [1.29, 1.82) is 0 Å². The number of aromatic nitrogens is 2. The van der Waals surface area contributed by atoms with Crippen molar-refractivity contribution in [3.05, 3.63) is 71.1 Å². The average Bonchev–Trinajstić information content (AvgIpc) is 3.31. The van der Waals surface area contributed by atoms with Crippen LogP contribution < -0.4 is 4.74 Å². The SMILES string of the molecule is C=N/C(=N\C=C(/C)c1cn2c3c(nc2cc1F)CCO[C@H]3c1ccccc1OC(F)F)N1CCC(C)(C(=O)O)CC1. The number of aliphatic carboxylic acids is 1. The summed E-state index contributed by atoms with van der Waals surface area (Å²) in [6, 6.07) is 7.74. The van der Waals surface area contributed by atoms with Crippen LogP contribution in [-0.2, 0) is 16.0 Å². The highest BCUT2D eigenvalue weighted by Gasteiger charge is 2.37. The molecule has 0 radical (unpaired) electrons. The van der Waals surface area contributed by atoms with Crippen molar-refractivity contribution in [3.63, 3.8) is 0 Å². The molecule has 1 aromatic carbocycles. The van der Waals surface area contributed by atoms with Gasteiger partial charge < -0.3 is 19.5 Å². The first kappa shape index (κ1) is 28.3. The topological polar surface area (TPSA) is 101 Å². The molecular weight excluding hydrogens is 539 g/mol. The number of carbonyl (C=O) groups is 1. The van der Waals surface area contributed by atoms with E-state index >= 15 is 4.39 Å². The van der Waals surface area contributed by atoms with Gasteiger partial charge in [0.15, 0.2) is 0 Å². The number of hydrogen-bond donors (Lipinski definition) is 1. The van der Waals surface area contributed by atoms with Gasteiger partial charge in [-0.2, -0.15) is 8.78 Å². The first-order valence-corrected chi connectivity index (χ1v) is 13.2. The third-order valence-electron chi connectivity index (χ3n) is 7.72. The summed E-state index contributed by atoms with van der Waals surface area (Å²) in [6.45, 7) is 5.24. The summed E-state index contributed by atoms with van der Waals surface area (Å²) >= 11 is 0. The highest BCUT2D eigenvalue weighted by Crippen LogP contribution is 2.39. The van der Waals surface area contributed by atoms with E-state index < -0.39 is 29.9 Å². The molecular formula is C29H30F3N5O4. The Morgan fingerprint density at radius 1 is 1.32 bits per heavy atom. The fourth-order valence-corrected chi connectivity index (χ4v) is 5.23. The maximum absolute atomic E-state index is 15.3. The molecule has 41 heavy (non-hydrogen) atoms. The lowest BCUT2D eigenvalue weighted by Gasteiger charge is -2.36. The minimum Gasteiger partial charge on any atom is -0.481 e. The standard InChI is InChI=1S/C29H30F3N5O4/c1-17(15-34-28(33-3)36-11-9-29(2,10-12-36)26(38)39)19-16-37-23(14-20(19)30)35-21-8-13-40-25(24(21)37)18-6-4-5-7-22(18)41-27(31)32/h4-7,14-16,25,27H,3,8-13H2,1-2H3,(H,38,39)/b17-15+,34-28+/t25-/m0/s1. The molecule has 2 aliphatic heterocycles. The first-order valence-electron chi connectivity index (χ1n) is 13.2. The van der Waals surface area contributed by atoms with Gasteiger partial charge in [-0.05, 0) is 45.0 Å². The van der Waals surface area contributed by atoms with Gasteiger partial charge in [-0.3, -0.25) is 9.20 Å². The van der Waals surface area contributed by atoms with Crippen molar-refractivity contribution >= 4 is 29.9 Å². The quantitative estimate of drug-likeness (QED) is 0.318. The Morgan fingerprint density at radius 2 is 2.05 bits per heavy atom. The molecule has 4 heterocycles. The number of carboxylic acids is 1. The number of hydrogen-bond acceptors (Lipinski definition) is 5. The summed E-state index contributed by atoms with van der Waals surface area (Å²) in [4.78, 5) is 26.5. The summed E-state index contributed by atoms with van der Waals surface area (Å²) in [5, 5.41) is 9.49. The molecule has 1 saturated heterocycles. The van der Waals surface area contributed by atoms with Crippen LogP contribution in [0.1, 0.15) is 55.3 Å². The van der Waals surface area contributed by atoms with E-state index in [1.54, 1.807) is 42.6 Å². The molecule has 2 aromatic heterocycles. The number of guanidine groups is 1. The van der Waals surface area contributed by atoms with Crippen LogP contribution in [0.3, 0.4) is 0 Å². The summed E-state index contributed by atoms with van der Waals surface area (Å²) in [5.74, 6) is -1.02. The second kappa shape index (κ2) is 11.4. The number of likely N-dealkylation sites (tertiary alicyclic amines) is 1. The van der Waals surface area contributed by atoms with Gasteiger partial charge >= 0.3 is 12.6 Å². The zero-order valence-corrected chi connectivity index (χ0v) is 22.7. The number of piperidine rings is 1. The van der Waals surface area contributed by atoms with Crippen LogP contribution in [0, 0.1) is 11.2 Å². The minimum absolute atomic E-state index is 0.00566. The van der Waals surface area contributed by atoms with E-state index in [1.165, 1.54) is 18.3 Å². The summed E-state index contributed by atoms with van der Waals surface area (Å²) < 4.78 is 54.0. The predicted molar refractivity (Wildman–Crippen MR) is 147 cm³/mol. The molecule has 1 N–H and O–H groups in total. The fourth-order valence-electron chi connectivity index (χ4n) is 5.23. The Hall–Kier alpha value is -4.19. The lowest BCUT2D eigenvalue weighted by Crippen LogP contribution is -2.44. The lowest BCUT2D eigenvalue weighted by molar-refractivity contribution is -0.150. The number of benzene rings is 1. The Labute approximate surface area is 234 Å². The number of nitrogens with zero attached hydrogens (tertiary/aromatic N) is 5. The Kier molecular flexibility index (Phi) is 7.85. The number of ether oxygens (including phenoxy) is 2. The molecule has 0 bridgehead atoms. The van der Waals surface area contributed by atoms with Gasteiger partial charge in [0.05, 0.1) is 23.4 Å². The molecule has 1 atom stereocenters. The average molecular weight is 570 g/mol. The van der Waals surface area contributed by atoms with Crippen molar-refractivity contribution in [3.8, 4) is 5.75 Å². The zero-order valence-electron chi connectivity index (χ0n) is 22.7. The van der Waals surface area contributed by atoms with Crippen molar-refractivity contribution in [2.75, 3.05) is 19.7 Å². The number of aliphatic imine (C=N–C) groups is 2. The monoisotopic (exact) mass is 569 g/mol. The van der Waals surface area contributed by atoms with E-state index in [4.69, 9.17) is 9.47 Å². The largest absolute Gasteiger partial charge is 0.481 e. The number of imidazole rings is 1. The van der Waals surface area contributed by atoms with Gasteiger partial charge in [-0.1, -0.05) is 18.2 Å². The maximum atomic E-state index is 15.3. The third kappa shape index (κ3) is 5.56. The molecule has 1 fully saturated rings. The van der Waals surface area contributed by atoms with E-state index in [1.807, 2.05) is 4.90 Å². The van der Waals surface area contributed by atoms with Crippen molar-refractivity contribution in [2.24, 2.45) is 15.4 Å². The van der Waals surface area contributed by atoms with Gasteiger partial charge in [-0.15, -0.1) is 0 Å². The van der Waals surface area contributed by atoms with E-state index in [2.05, 4.69) is 21.7 Å². The minimum atomic E-state index is -3.00. The van der Waals surface area contributed by atoms with Gasteiger partial charge in [0.2, 0.25) is 5.96 Å². The second-order valence-corrected chi connectivity index (χ2v) is 10.4. The molecule has 2 aliphatic rings. The van der Waals surface area contributed by atoms with Gasteiger partial charge in [0.1, 0.15) is 23.3 Å². The van der Waals surface area contributed by atoms with Crippen LogP contribution in [0.15, 0.2) is 52.7 Å². The van der Waals surface area contributed by atoms with Crippen molar-refractivity contribution < 1.29 is 32.5 Å². The number of para-hydroxylation sites is 1. The lowest BCUT2D eigenvalue weighted by atomic mass is 9.80. The predicted octanol–water partition coefficient (Wildman–Crippen LogP) is 5.34. The third-order valence-corrected chi connectivity index (χ3v) is 7.72. The Bertz CT molecular complexity index is 1540. The van der Waals surface area contributed by atoms with Gasteiger partial charge in [0, 0.05) is 49.1 Å². The van der Waals surface area contributed by atoms with E-state index in [9.17, 15) is 18.7 Å². The molecule has 0 saturated carbocycles. The fraction of sp³-hybridized carbons (Fsp3) is 0.379. The maximum Gasteiger partial charge on any atom is 0.387 e. The Morgan fingerprint density at radius 3 is 2.73 bits per heavy atom. The van der Waals surface area contributed by atoms with Crippen LogP contribution >= 0.6 is 0 Å². The summed E-state index contributed by atoms with van der Waals surface area (Å²) in [6.07, 6.45) is 3.68. The van der Waals surface area contributed by atoms with E-state index in [-0.39, 0.29) is 11.3 Å². The van der Waals surface area contributed by atoms with Crippen LogP contribution in [0.25, 0.3) is 11.2 Å². The van der Waals surface area contributed by atoms with E-state index in [0.29, 0.717) is 73.1 Å². The van der Waals surface area contributed by atoms with Crippen LogP contribution in [0.4, 0.5) is 13.2 Å². The molecule has 0 aliphatic carbocycles. The molecule has 9 nitrogen and oxygen atoms in total. The Balaban J connectivity index is 1.49. The van der Waals surface area contributed by atoms with Gasteiger partial charge in [-0.25, -0.2) is 19.4 Å². The number of fused-ring (bicyclic) bond motifs is 3. The zero-order chi connectivity index (χ0) is 29.3. The number of carboxylic acid groups (broad SMARTS) is 1. The molecule has 0 unspecified atom stereocenters. The van der Waals surface area contributed by atoms with Crippen LogP contribution in [0.5, 0.6) is 5.75 Å². The van der Waals surface area contributed by atoms with Crippen molar-refractivity contribution in [1.82, 2.24) is 14.3 Å². The van der Waals surface area contributed by atoms with Gasteiger partial charge in [0.25, 0.3) is 0 Å². The first-order chi connectivity index (χ1) is 19.6. The van der Waals surface area contributed by atoms with E-state index in [0.717, 1.165) is 0 Å². The number of allylic oxidation sites excluding steroid dienone is 1. The number of rotatable bonds is 6. The molecule has 5 rings (SSSR count). The highest BCUT2D eigenvalue weighted by atomic mass is 19.3. The number of halogens is 3. The van der Waals surface area contributed by atoms with Crippen LogP contribution in [0.2, 0.25) is 0 Å². The summed E-state index contributed by atoms with van der Waals surface area (Å²) in [7, 11) is 0. The normalized spacial score (nSPS) is 19.4. The molecule has 0 spiro atoms. The molecule has 12 heteroatoms. The summed E-state index contributed by atoms with van der Waals surface area (Å²) in [5.41, 5.74) is 2.01. The van der Waals surface area contributed by atoms with Crippen LogP contribution in [-0.4, -0.2) is 64.3 Å².